The third-order valence-corrected chi connectivity index (χ3v) is 7.17. The standard InChI is InChI=1S/C26H35N3O4S/c1-6-16-33-20-13-10-9-12-19(20)22-21(23(30)25-17(4)27-18(5)34-25)24(31)26(32)29(22)15-11-14-28(7-2)8-3/h9-10,12-13,22,31H,6-8,11,14-16H2,1-5H3. The first-order valence-corrected chi connectivity index (χ1v) is 12.8. The first-order chi connectivity index (χ1) is 16.3. The number of Topliss-reactive ketones (excluding diaryl/α,β-unsaturated/α-hetero) is 1. The van der Waals surface area contributed by atoms with Crippen LogP contribution in [0.1, 0.15) is 65.6 Å². The van der Waals surface area contributed by atoms with Gasteiger partial charge in [-0.05, 0) is 52.4 Å². The molecule has 2 heterocycles. The highest BCUT2D eigenvalue weighted by Gasteiger charge is 2.45. The molecule has 2 aromatic rings. The Morgan fingerprint density at radius 2 is 1.91 bits per heavy atom. The molecule has 1 amide bonds. The van der Waals surface area contributed by atoms with E-state index < -0.39 is 17.7 Å². The maximum atomic E-state index is 13.7. The van der Waals surface area contributed by atoms with Gasteiger partial charge in [0.2, 0.25) is 5.78 Å². The zero-order chi connectivity index (χ0) is 24.8. The summed E-state index contributed by atoms with van der Waals surface area (Å²) in [5, 5.41) is 11.7. The van der Waals surface area contributed by atoms with Crippen LogP contribution in [0.4, 0.5) is 0 Å². The molecule has 184 valence electrons. The first kappa shape index (κ1) is 25.9. The SMILES string of the molecule is CCCOc1ccccc1C1C(C(=O)c2sc(C)nc2C)=C(O)C(=O)N1CCCN(CC)CC. The molecule has 3 rings (SSSR count). The van der Waals surface area contributed by atoms with Crippen LogP contribution in [0.3, 0.4) is 0 Å². The van der Waals surface area contributed by atoms with Gasteiger partial charge in [0, 0.05) is 12.1 Å². The molecule has 7 nitrogen and oxygen atoms in total. The highest BCUT2D eigenvalue weighted by atomic mass is 32.1. The fraction of sp³-hybridized carbons (Fsp3) is 0.500. The summed E-state index contributed by atoms with van der Waals surface area (Å²) in [6.07, 6.45) is 1.56. The minimum Gasteiger partial charge on any atom is -0.503 e. The van der Waals surface area contributed by atoms with Crippen LogP contribution in [-0.4, -0.2) is 64.4 Å². The molecule has 34 heavy (non-hydrogen) atoms. The number of carbonyl (C=O) groups is 2. The fourth-order valence-corrected chi connectivity index (χ4v) is 5.23. The molecule has 1 N–H and O–H groups in total. The largest absolute Gasteiger partial charge is 0.503 e. The van der Waals surface area contributed by atoms with E-state index in [9.17, 15) is 14.7 Å². The Kier molecular flexibility index (Phi) is 8.85. The van der Waals surface area contributed by atoms with Gasteiger partial charge < -0.3 is 19.6 Å². The van der Waals surface area contributed by atoms with Crippen molar-refractivity contribution in [3.05, 3.63) is 56.7 Å². The summed E-state index contributed by atoms with van der Waals surface area (Å²) >= 11 is 1.28. The Morgan fingerprint density at radius 3 is 2.53 bits per heavy atom. The molecule has 1 aromatic heterocycles. The number of ether oxygens (including phenoxy) is 1. The van der Waals surface area contributed by atoms with Gasteiger partial charge in [-0.3, -0.25) is 9.59 Å². The lowest BCUT2D eigenvalue weighted by Crippen LogP contribution is -2.34. The Balaban J connectivity index is 2.04. The number of thiazole rings is 1. The predicted octanol–water partition coefficient (Wildman–Crippen LogP) is 4.86. The summed E-state index contributed by atoms with van der Waals surface area (Å²) in [5.74, 6) is -0.728. The zero-order valence-corrected chi connectivity index (χ0v) is 21.6. The van der Waals surface area contributed by atoms with Crippen molar-refractivity contribution in [2.75, 3.05) is 32.8 Å². The molecule has 0 spiro atoms. The van der Waals surface area contributed by atoms with Crippen LogP contribution in [0.25, 0.3) is 0 Å². The summed E-state index contributed by atoms with van der Waals surface area (Å²) in [4.78, 5) is 35.7. The second kappa shape index (κ2) is 11.6. The lowest BCUT2D eigenvalue weighted by Gasteiger charge is -2.29. The number of amides is 1. The van der Waals surface area contributed by atoms with E-state index in [0.717, 1.165) is 37.5 Å². The number of hydrogen-bond donors (Lipinski definition) is 1. The van der Waals surface area contributed by atoms with Gasteiger partial charge in [-0.15, -0.1) is 11.3 Å². The summed E-state index contributed by atoms with van der Waals surface area (Å²) in [5.41, 5.74) is 1.42. The first-order valence-electron chi connectivity index (χ1n) is 12.0. The molecule has 0 saturated carbocycles. The monoisotopic (exact) mass is 485 g/mol. The molecule has 0 radical (unpaired) electrons. The molecule has 0 fully saturated rings. The van der Waals surface area contributed by atoms with Crippen LogP contribution < -0.4 is 4.74 Å². The maximum Gasteiger partial charge on any atom is 0.290 e. The van der Waals surface area contributed by atoms with E-state index in [1.807, 2.05) is 38.1 Å². The van der Waals surface area contributed by atoms with Crippen molar-refractivity contribution in [2.24, 2.45) is 0 Å². The number of nitrogens with zero attached hydrogens (tertiary/aromatic N) is 3. The quantitative estimate of drug-likeness (QED) is 0.433. The minimum absolute atomic E-state index is 0.104. The van der Waals surface area contributed by atoms with Crippen molar-refractivity contribution < 1.29 is 19.4 Å². The third-order valence-electron chi connectivity index (χ3n) is 6.10. The molecule has 1 aromatic carbocycles. The molecule has 0 saturated heterocycles. The number of aryl methyl sites for hydroxylation is 2. The van der Waals surface area contributed by atoms with Gasteiger partial charge in [0.15, 0.2) is 5.76 Å². The van der Waals surface area contributed by atoms with Crippen LogP contribution in [0, 0.1) is 13.8 Å². The fourth-order valence-electron chi connectivity index (χ4n) is 4.36. The number of ketones is 1. The number of rotatable bonds is 12. The highest BCUT2D eigenvalue weighted by molar-refractivity contribution is 7.14. The summed E-state index contributed by atoms with van der Waals surface area (Å²) in [7, 11) is 0. The predicted molar refractivity (Wildman–Crippen MR) is 135 cm³/mol. The summed E-state index contributed by atoms with van der Waals surface area (Å²) in [6.45, 7) is 13.5. The topological polar surface area (TPSA) is 83.0 Å². The molecule has 1 atom stereocenters. The molecule has 1 aliphatic heterocycles. The molecule has 1 aliphatic rings. The van der Waals surface area contributed by atoms with Crippen LogP contribution >= 0.6 is 11.3 Å². The molecule has 0 aliphatic carbocycles. The lowest BCUT2D eigenvalue weighted by molar-refractivity contribution is -0.129. The maximum absolute atomic E-state index is 13.7. The van der Waals surface area contributed by atoms with Crippen molar-refractivity contribution in [3.63, 3.8) is 0 Å². The zero-order valence-electron chi connectivity index (χ0n) is 20.8. The number of benzene rings is 1. The number of carbonyl (C=O) groups excluding carboxylic acids is 2. The smallest absolute Gasteiger partial charge is 0.290 e. The second-order valence-corrected chi connectivity index (χ2v) is 9.61. The van der Waals surface area contributed by atoms with Crippen LogP contribution in [0.15, 0.2) is 35.6 Å². The van der Waals surface area contributed by atoms with Crippen molar-refractivity contribution in [1.82, 2.24) is 14.8 Å². The van der Waals surface area contributed by atoms with Gasteiger partial charge in [-0.2, -0.15) is 0 Å². The van der Waals surface area contributed by atoms with E-state index in [-0.39, 0.29) is 11.4 Å². The van der Waals surface area contributed by atoms with Gasteiger partial charge in [-0.1, -0.05) is 39.0 Å². The van der Waals surface area contributed by atoms with Crippen molar-refractivity contribution in [3.8, 4) is 5.75 Å². The van der Waals surface area contributed by atoms with E-state index in [1.165, 1.54) is 11.3 Å². The average molecular weight is 486 g/mol. The van der Waals surface area contributed by atoms with E-state index in [4.69, 9.17) is 4.74 Å². The second-order valence-electron chi connectivity index (χ2n) is 8.41. The van der Waals surface area contributed by atoms with E-state index in [2.05, 4.69) is 23.7 Å². The lowest BCUT2D eigenvalue weighted by atomic mass is 9.94. The molecule has 1 unspecified atom stereocenters. The van der Waals surface area contributed by atoms with Crippen LogP contribution in [0.2, 0.25) is 0 Å². The van der Waals surface area contributed by atoms with Crippen molar-refractivity contribution in [1.29, 1.82) is 0 Å². The Hall–Kier alpha value is -2.71. The molecular weight excluding hydrogens is 450 g/mol. The third kappa shape index (κ3) is 5.33. The molecule has 8 heteroatoms. The van der Waals surface area contributed by atoms with E-state index in [1.54, 1.807) is 11.8 Å². The number of aliphatic hydroxyl groups is 1. The Bertz CT molecular complexity index is 1060. The molecular formula is C26H35N3O4S. The molecule has 0 bridgehead atoms. The number of aromatic nitrogens is 1. The van der Waals surface area contributed by atoms with Gasteiger partial charge in [0.25, 0.3) is 5.91 Å². The van der Waals surface area contributed by atoms with Crippen molar-refractivity contribution in [2.45, 2.75) is 53.5 Å². The summed E-state index contributed by atoms with van der Waals surface area (Å²) in [6, 6.07) is 6.75. The Morgan fingerprint density at radius 1 is 1.21 bits per heavy atom. The van der Waals surface area contributed by atoms with E-state index in [0.29, 0.717) is 35.0 Å². The highest BCUT2D eigenvalue weighted by Crippen LogP contribution is 2.43. The van der Waals surface area contributed by atoms with Crippen molar-refractivity contribution >= 4 is 23.0 Å². The normalized spacial score (nSPS) is 16.1. The van der Waals surface area contributed by atoms with Crippen LogP contribution in [-0.2, 0) is 4.79 Å². The average Bonchev–Trinajstić information content (AvgIpc) is 3.30. The van der Waals surface area contributed by atoms with Gasteiger partial charge in [0.1, 0.15) is 5.75 Å². The van der Waals surface area contributed by atoms with Gasteiger partial charge in [0.05, 0.1) is 33.8 Å². The minimum atomic E-state index is -0.716. The number of hydrogen-bond acceptors (Lipinski definition) is 7. The number of para-hydroxylation sites is 1. The van der Waals surface area contributed by atoms with Gasteiger partial charge in [-0.25, -0.2) is 4.98 Å². The summed E-state index contributed by atoms with van der Waals surface area (Å²) < 4.78 is 5.99. The van der Waals surface area contributed by atoms with Crippen LogP contribution in [0.5, 0.6) is 5.75 Å². The van der Waals surface area contributed by atoms with Gasteiger partial charge >= 0.3 is 0 Å². The number of aliphatic hydroxyl groups excluding tert-OH is 1. The van der Waals surface area contributed by atoms with E-state index >= 15 is 0 Å². The Labute approximate surface area is 206 Å².